The fourth-order valence-corrected chi connectivity index (χ4v) is 3.89. The Kier molecular flexibility index (Phi) is 8.36. The molecule has 7 nitrogen and oxygen atoms in total. The molecule has 2 fully saturated rings. The predicted octanol–water partition coefficient (Wildman–Crippen LogP) is 2.36. The standard InChI is InChI=1S/C18H30F3N3O4/c1-3-28-17(26)24-9-4-5-14(8-12-24)23-10-6-13(7-11-23)15(25)22-16(27-2)18(19,20)21/h13-14,16H,3-12H2,1-2H3,(H,22,25). The number of carbonyl (C=O) groups excluding carboxylic acids is 2. The highest BCUT2D eigenvalue weighted by molar-refractivity contribution is 5.79. The van der Waals surface area contributed by atoms with E-state index < -0.39 is 24.2 Å². The lowest BCUT2D eigenvalue weighted by Crippen LogP contribution is -2.51. The van der Waals surface area contributed by atoms with Gasteiger partial charge in [-0.15, -0.1) is 0 Å². The minimum absolute atomic E-state index is 0.282. The van der Waals surface area contributed by atoms with Gasteiger partial charge in [-0.3, -0.25) is 4.79 Å². The third-order valence-electron chi connectivity index (χ3n) is 5.45. The van der Waals surface area contributed by atoms with Gasteiger partial charge in [0.05, 0.1) is 6.61 Å². The van der Waals surface area contributed by atoms with Crippen molar-refractivity contribution < 1.29 is 32.2 Å². The molecule has 0 spiro atoms. The molecule has 2 amide bonds. The highest BCUT2D eigenvalue weighted by atomic mass is 19.4. The van der Waals surface area contributed by atoms with Gasteiger partial charge in [0.25, 0.3) is 0 Å². The number of piperidine rings is 1. The summed E-state index contributed by atoms with van der Waals surface area (Å²) in [5, 5.41) is 1.95. The maximum atomic E-state index is 12.7. The Morgan fingerprint density at radius 3 is 2.36 bits per heavy atom. The van der Waals surface area contributed by atoms with Crippen molar-refractivity contribution in [3.63, 3.8) is 0 Å². The zero-order valence-electron chi connectivity index (χ0n) is 16.5. The van der Waals surface area contributed by atoms with Crippen molar-refractivity contribution in [1.82, 2.24) is 15.1 Å². The Hall–Kier alpha value is -1.55. The van der Waals surface area contributed by atoms with Crippen LogP contribution in [0.2, 0.25) is 0 Å². The molecule has 2 atom stereocenters. The molecule has 0 bridgehead atoms. The molecule has 2 aliphatic rings. The second-order valence-electron chi connectivity index (χ2n) is 7.25. The number of alkyl halides is 3. The lowest BCUT2D eigenvalue weighted by atomic mass is 9.93. The van der Waals surface area contributed by atoms with E-state index in [4.69, 9.17) is 4.74 Å². The fourth-order valence-electron chi connectivity index (χ4n) is 3.89. The first-order valence-electron chi connectivity index (χ1n) is 9.81. The zero-order chi connectivity index (χ0) is 20.7. The molecule has 0 aromatic carbocycles. The number of carbonyl (C=O) groups is 2. The summed E-state index contributed by atoms with van der Waals surface area (Å²) >= 11 is 0. The van der Waals surface area contributed by atoms with Crippen LogP contribution in [-0.2, 0) is 14.3 Å². The van der Waals surface area contributed by atoms with Crippen molar-refractivity contribution in [3.8, 4) is 0 Å². The molecule has 2 heterocycles. The molecule has 28 heavy (non-hydrogen) atoms. The predicted molar refractivity (Wildman–Crippen MR) is 95.5 cm³/mol. The monoisotopic (exact) mass is 409 g/mol. The van der Waals surface area contributed by atoms with Crippen LogP contribution in [0.25, 0.3) is 0 Å². The Morgan fingerprint density at radius 1 is 1.11 bits per heavy atom. The summed E-state index contributed by atoms with van der Waals surface area (Å²) in [6.07, 6.45) is -3.50. The van der Waals surface area contributed by atoms with Crippen LogP contribution in [0.15, 0.2) is 0 Å². The Bertz CT molecular complexity index is 525. The number of likely N-dealkylation sites (tertiary alicyclic amines) is 2. The normalized spacial score (nSPS) is 23.8. The van der Waals surface area contributed by atoms with Crippen molar-refractivity contribution >= 4 is 12.0 Å². The molecule has 2 saturated heterocycles. The van der Waals surface area contributed by atoms with Crippen LogP contribution in [0.3, 0.4) is 0 Å². The zero-order valence-corrected chi connectivity index (χ0v) is 16.5. The second kappa shape index (κ2) is 10.3. The summed E-state index contributed by atoms with van der Waals surface area (Å²) in [6, 6.07) is 0.310. The fraction of sp³-hybridized carbons (Fsp3) is 0.889. The first-order valence-corrected chi connectivity index (χ1v) is 9.81. The molecule has 0 aromatic heterocycles. The van der Waals surface area contributed by atoms with Gasteiger partial charge in [0.2, 0.25) is 12.1 Å². The maximum absolute atomic E-state index is 12.7. The van der Waals surface area contributed by atoms with Crippen molar-refractivity contribution in [2.45, 2.75) is 57.5 Å². The van der Waals surface area contributed by atoms with Gasteiger partial charge in [-0.25, -0.2) is 4.79 Å². The number of rotatable bonds is 5. The molecule has 2 unspecified atom stereocenters. The summed E-state index contributed by atoms with van der Waals surface area (Å²) in [6.45, 7) is 4.75. The topological polar surface area (TPSA) is 71.1 Å². The van der Waals surface area contributed by atoms with Gasteiger partial charge < -0.3 is 24.6 Å². The summed E-state index contributed by atoms with van der Waals surface area (Å²) in [7, 11) is 0.923. The molecule has 2 rings (SSSR count). The number of halogens is 3. The number of ether oxygens (including phenoxy) is 2. The van der Waals surface area contributed by atoms with E-state index in [2.05, 4.69) is 9.64 Å². The average Bonchev–Trinajstić information content (AvgIpc) is 2.91. The van der Waals surface area contributed by atoms with Crippen LogP contribution in [0.1, 0.15) is 39.0 Å². The van der Waals surface area contributed by atoms with Crippen molar-refractivity contribution in [2.24, 2.45) is 5.92 Å². The molecule has 0 aliphatic carbocycles. The summed E-state index contributed by atoms with van der Waals surface area (Å²) in [4.78, 5) is 28.1. The number of nitrogens with zero attached hydrogens (tertiary/aromatic N) is 2. The number of hydrogen-bond acceptors (Lipinski definition) is 5. The average molecular weight is 409 g/mol. The van der Waals surface area contributed by atoms with Gasteiger partial charge in [0.1, 0.15) is 0 Å². The highest BCUT2D eigenvalue weighted by Gasteiger charge is 2.42. The van der Waals surface area contributed by atoms with Crippen LogP contribution < -0.4 is 5.32 Å². The molecular weight excluding hydrogens is 379 g/mol. The molecule has 10 heteroatoms. The third kappa shape index (κ3) is 6.23. The van der Waals surface area contributed by atoms with Crippen LogP contribution in [0.5, 0.6) is 0 Å². The number of hydrogen-bond donors (Lipinski definition) is 1. The lowest BCUT2D eigenvalue weighted by molar-refractivity contribution is -0.223. The van der Waals surface area contributed by atoms with Crippen LogP contribution in [0, 0.1) is 5.92 Å². The van der Waals surface area contributed by atoms with Gasteiger partial charge in [-0.1, -0.05) is 0 Å². The van der Waals surface area contributed by atoms with Crippen molar-refractivity contribution in [3.05, 3.63) is 0 Å². The van der Waals surface area contributed by atoms with Crippen molar-refractivity contribution in [1.29, 1.82) is 0 Å². The van der Waals surface area contributed by atoms with Gasteiger partial charge in [0, 0.05) is 32.2 Å². The molecule has 0 aromatic rings. The largest absolute Gasteiger partial charge is 0.450 e. The summed E-state index contributed by atoms with van der Waals surface area (Å²) in [5.74, 6) is -1.06. The van der Waals surface area contributed by atoms with E-state index in [1.807, 2.05) is 5.32 Å². The summed E-state index contributed by atoms with van der Waals surface area (Å²) < 4.78 is 47.6. The van der Waals surface area contributed by atoms with Crippen LogP contribution >= 0.6 is 0 Å². The van der Waals surface area contributed by atoms with Crippen LogP contribution in [0.4, 0.5) is 18.0 Å². The van der Waals surface area contributed by atoms with Gasteiger partial charge in [-0.2, -0.15) is 13.2 Å². The van der Waals surface area contributed by atoms with Crippen LogP contribution in [-0.4, -0.2) is 80.1 Å². The van der Waals surface area contributed by atoms with Crippen molar-refractivity contribution in [2.75, 3.05) is 39.9 Å². The summed E-state index contributed by atoms with van der Waals surface area (Å²) in [5.41, 5.74) is 0. The number of amides is 2. The molecule has 1 N–H and O–H groups in total. The van der Waals surface area contributed by atoms with E-state index in [9.17, 15) is 22.8 Å². The molecular formula is C18H30F3N3O4. The first-order chi connectivity index (χ1) is 13.3. The van der Waals surface area contributed by atoms with E-state index in [0.29, 0.717) is 51.7 Å². The Balaban J connectivity index is 1.80. The maximum Gasteiger partial charge on any atom is 0.433 e. The number of nitrogens with one attached hydrogen (secondary N) is 1. The first kappa shape index (κ1) is 22.7. The lowest BCUT2D eigenvalue weighted by Gasteiger charge is -2.37. The quantitative estimate of drug-likeness (QED) is 0.706. The van der Waals surface area contributed by atoms with E-state index in [-0.39, 0.29) is 6.09 Å². The highest BCUT2D eigenvalue weighted by Crippen LogP contribution is 2.26. The molecule has 0 radical (unpaired) electrons. The Morgan fingerprint density at radius 2 is 1.79 bits per heavy atom. The minimum atomic E-state index is -4.63. The second-order valence-corrected chi connectivity index (χ2v) is 7.25. The Labute approximate surface area is 163 Å². The van der Waals surface area contributed by atoms with E-state index >= 15 is 0 Å². The SMILES string of the molecule is CCOC(=O)N1CCCC(N2CCC(C(=O)NC(OC)C(F)(F)F)CC2)CC1. The number of methoxy groups -OCH3 is 1. The smallest absolute Gasteiger partial charge is 0.433 e. The van der Waals surface area contributed by atoms with Gasteiger partial charge in [0.15, 0.2) is 0 Å². The molecule has 2 aliphatic heterocycles. The van der Waals surface area contributed by atoms with Gasteiger partial charge >= 0.3 is 12.3 Å². The van der Waals surface area contributed by atoms with E-state index in [1.165, 1.54) is 0 Å². The third-order valence-corrected chi connectivity index (χ3v) is 5.45. The van der Waals surface area contributed by atoms with E-state index in [0.717, 1.165) is 26.4 Å². The minimum Gasteiger partial charge on any atom is -0.450 e. The molecule has 162 valence electrons. The van der Waals surface area contributed by atoms with Gasteiger partial charge in [-0.05, 0) is 52.1 Å². The van der Waals surface area contributed by atoms with E-state index in [1.54, 1.807) is 11.8 Å². The molecule has 0 saturated carbocycles.